The van der Waals surface area contributed by atoms with Crippen molar-refractivity contribution >= 4 is 11.6 Å². The summed E-state index contributed by atoms with van der Waals surface area (Å²) >= 11 is 0. The number of carbonyl (C=O) groups is 1. The number of anilines is 1. The fraction of sp³-hybridized carbons (Fsp3) is 0.588. The molecule has 0 spiro atoms. The van der Waals surface area contributed by atoms with E-state index in [-0.39, 0.29) is 23.7 Å². The van der Waals surface area contributed by atoms with Crippen molar-refractivity contribution in [2.75, 3.05) is 18.0 Å². The second-order valence-corrected chi connectivity index (χ2v) is 6.54. The Hall–Kier alpha value is -1.62. The minimum atomic E-state index is -0.265. The average molecular weight is 306 g/mol. The van der Waals surface area contributed by atoms with Gasteiger partial charge in [-0.25, -0.2) is 4.39 Å². The van der Waals surface area contributed by atoms with Crippen LogP contribution in [-0.4, -0.2) is 30.2 Å². The zero-order chi connectivity index (χ0) is 15.7. The Labute approximate surface area is 130 Å². The molecule has 1 saturated heterocycles. The van der Waals surface area contributed by atoms with Crippen LogP contribution in [-0.2, 0) is 11.3 Å². The summed E-state index contributed by atoms with van der Waals surface area (Å²) in [5, 5.41) is 12.4. The number of nitrogens with zero attached hydrogens (tertiary/aromatic N) is 1. The molecule has 22 heavy (non-hydrogen) atoms. The fourth-order valence-electron chi connectivity index (χ4n) is 3.03. The third-order valence-electron chi connectivity index (χ3n) is 4.73. The molecular weight excluding hydrogens is 283 g/mol. The zero-order valence-electron chi connectivity index (χ0n) is 12.9. The van der Waals surface area contributed by atoms with Crippen LogP contribution in [0, 0.1) is 17.7 Å². The van der Waals surface area contributed by atoms with E-state index in [2.05, 4.69) is 12.2 Å². The Kier molecular flexibility index (Phi) is 4.34. The van der Waals surface area contributed by atoms with Gasteiger partial charge in [-0.3, -0.25) is 4.79 Å². The van der Waals surface area contributed by atoms with E-state index < -0.39 is 0 Å². The highest BCUT2D eigenvalue weighted by atomic mass is 19.1. The summed E-state index contributed by atoms with van der Waals surface area (Å²) in [4.78, 5) is 13.8. The summed E-state index contributed by atoms with van der Waals surface area (Å²) in [6, 6.07) is 5.13. The molecule has 1 aromatic rings. The standard InChI is InChI=1S/C17H23FN2O2/c1-11-8-14(11)17(22)19-10-12-2-3-16(15(18)9-12)20-6-4-13(21)5-7-20/h2-3,9,11,13-14,21H,4-8,10H2,1H3,(H,19,22). The molecular formula is C17H23FN2O2. The highest BCUT2D eigenvalue weighted by Crippen LogP contribution is 2.37. The van der Waals surface area contributed by atoms with E-state index in [1.165, 1.54) is 6.07 Å². The van der Waals surface area contributed by atoms with Crippen LogP contribution in [0.1, 0.15) is 31.7 Å². The third kappa shape index (κ3) is 3.40. The first kappa shape index (κ1) is 15.3. The average Bonchev–Trinajstić information content (AvgIpc) is 3.23. The molecule has 2 N–H and O–H groups in total. The van der Waals surface area contributed by atoms with Crippen LogP contribution in [0.25, 0.3) is 0 Å². The molecule has 1 saturated carbocycles. The van der Waals surface area contributed by atoms with E-state index in [1.54, 1.807) is 6.07 Å². The number of hydrogen-bond donors (Lipinski definition) is 2. The van der Waals surface area contributed by atoms with Gasteiger partial charge in [0.05, 0.1) is 11.8 Å². The lowest BCUT2D eigenvalue weighted by Crippen LogP contribution is -2.36. The fourth-order valence-corrected chi connectivity index (χ4v) is 3.03. The molecule has 0 bridgehead atoms. The van der Waals surface area contributed by atoms with Gasteiger partial charge < -0.3 is 15.3 Å². The van der Waals surface area contributed by atoms with Crippen molar-refractivity contribution in [3.63, 3.8) is 0 Å². The number of piperidine rings is 1. The van der Waals surface area contributed by atoms with Crippen LogP contribution >= 0.6 is 0 Å². The lowest BCUT2D eigenvalue weighted by atomic mass is 10.1. The van der Waals surface area contributed by atoms with Crippen molar-refractivity contribution in [1.82, 2.24) is 5.32 Å². The number of hydrogen-bond acceptors (Lipinski definition) is 3. The summed E-state index contributed by atoms with van der Waals surface area (Å²) in [5.74, 6) is 0.433. The van der Waals surface area contributed by atoms with Gasteiger partial charge in [0.15, 0.2) is 0 Å². The Morgan fingerprint density at radius 1 is 1.41 bits per heavy atom. The quantitative estimate of drug-likeness (QED) is 0.895. The van der Waals surface area contributed by atoms with E-state index in [4.69, 9.17) is 0 Å². The van der Waals surface area contributed by atoms with E-state index in [0.717, 1.165) is 12.0 Å². The first-order valence-corrected chi connectivity index (χ1v) is 8.03. The van der Waals surface area contributed by atoms with Crippen molar-refractivity contribution in [3.05, 3.63) is 29.6 Å². The number of nitrogens with one attached hydrogen (secondary N) is 1. The monoisotopic (exact) mass is 306 g/mol. The normalized spacial score (nSPS) is 25.1. The molecule has 0 aromatic heterocycles. The smallest absolute Gasteiger partial charge is 0.223 e. The minimum Gasteiger partial charge on any atom is -0.393 e. The molecule has 2 atom stereocenters. The van der Waals surface area contributed by atoms with Gasteiger partial charge in [0.1, 0.15) is 5.82 Å². The number of amides is 1. The second kappa shape index (κ2) is 6.24. The predicted octanol–water partition coefficient (Wildman–Crippen LogP) is 2.06. The molecule has 2 unspecified atom stereocenters. The minimum absolute atomic E-state index is 0.0713. The highest BCUT2D eigenvalue weighted by Gasteiger charge is 2.38. The van der Waals surface area contributed by atoms with Crippen LogP contribution in [0.15, 0.2) is 18.2 Å². The topological polar surface area (TPSA) is 52.6 Å². The molecule has 1 heterocycles. The zero-order valence-corrected chi connectivity index (χ0v) is 12.9. The van der Waals surface area contributed by atoms with Crippen LogP contribution in [0.4, 0.5) is 10.1 Å². The number of rotatable bonds is 4. The predicted molar refractivity (Wildman–Crippen MR) is 83.0 cm³/mol. The second-order valence-electron chi connectivity index (χ2n) is 6.54. The van der Waals surface area contributed by atoms with Crippen LogP contribution in [0.5, 0.6) is 0 Å². The largest absolute Gasteiger partial charge is 0.393 e. The van der Waals surface area contributed by atoms with E-state index in [0.29, 0.717) is 44.1 Å². The number of aliphatic hydroxyl groups is 1. The molecule has 2 aliphatic rings. The molecule has 1 amide bonds. The van der Waals surface area contributed by atoms with Gasteiger partial charge in [-0.2, -0.15) is 0 Å². The van der Waals surface area contributed by atoms with Crippen molar-refractivity contribution in [1.29, 1.82) is 0 Å². The molecule has 4 nitrogen and oxygen atoms in total. The van der Waals surface area contributed by atoms with Gasteiger partial charge >= 0.3 is 0 Å². The van der Waals surface area contributed by atoms with Gasteiger partial charge in [-0.1, -0.05) is 13.0 Å². The number of aliphatic hydroxyl groups excluding tert-OH is 1. The van der Waals surface area contributed by atoms with Crippen molar-refractivity contribution in [2.45, 2.75) is 38.8 Å². The first-order chi connectivity index (χ1) is 10.5. The van der Waals surface area contributed by atoms with Crippen molar-refractivity contribution < 1.29 is 14.3 Å². The van der Waals surface area contributed by atoms with E-state index in [9.17, 15) is 14.3 Å². The molecule has 5 heteroatoms. The van der Waals surface area contributed by atoms with Gasteiger partial charge in [0.25, 0.3) is 0 Å². The van der Waals surface area contributed by atoms with Crippen LogP contribution in [0.2, 0.25) is 0 Å². The van der Waals surface area contributed by atoms with Gasteiger partial charge in [-0.15, -0.1) is 0 Å². The summed E-state index contributed by atoms with van der Waals surface area (Å²) in [5.41, 5.74) is 1.36. The maximum Gasteiger partial charge on any atom is 0.223 e. The molecule has 1 aliphatic carbocycles. The first-order valence-electron chi connectivity index (χ1n) is 8.03. The molecule has 120 valence electrons. The van der Waals surface area contributed by atoms with Crippen molar-refractivity contribution in [3.8, 4) is 0 Å². The van der Waals surface area contributed by atoms with Crippen LogP contribution in [0.3, 0.4) is 0 Å². The Bertz CT molecular complexity index is 556. The summed E-state index contributed by atoms with van der Waals surface area (Å²) in [6.07, 6.45) is 2.05. The lowest BCUT2D eigenvalue weighted by molar-refractivity contribution is -0.122. The maximum atomic E-state index is 14.3. The summed E-state index contributed by atoms with van der Waals surface area (Å²) in [7, 11) is 0. The molecule has 1 aromatic carbocycles. The summed E-state index contributed by atoms with van der Waals surface area (Å²) < 4.78 is 14.3. The molecule has 1 aliphatic heterocycles. The Morgan fingerprint density at radius 3 is 2.68 bits per heavy atom. The van der Waals surface area contributed by atoms with Gasteiger partial charge in [-0.05, 0) is 42.9 Å². The van der Waals surface area contributed by atoms with Gasteiger partial charge in [0.2, 0.25) is 5.91 Å². The molecule has 3 rings (SSSR count). The highest BCUT2D eigenvalue weighted by molar-refractivity contribution is 5.81. The summed E-state index contributed by atoms with van der Waals surface area (Å²) in [6.45, 7) is 3.79. The maximum absolute atomic E-state index is 14.3. The van der Waals surface area contributed by atoms with E-state index in [1.807, 2.05) is 11.0 Å². The number of carbonyl (C=O) groups excluding carboxylic acids is 1. The Balaban J connectivity index is 1.58. The van der Waals surface area contributed by atoms with E-state index >= 15 is 0 Å². The van der Waals surface area contributed by atoms with Gasteiger partial charge in [0, 0.05) is 25.6 Å². The number of benzene rings is 1. The molecule has 0 radical (unpaired) electrons. The molecule has 2 fully saturated rings. The Morgan fingerprint density at radius 2 is 2.09 bits per heavy atom. The number of halogens is 1. The lowest BCUT2D eigenvalue weighted by Gasteiger charge is -2.31. The van der Waals surface area contributed by atoms with Crippen LogP contribution < -0.4 is 10.2 Å². The van der Waals surface area contributed by atoms with Crippen molar-refractivity contribution in [2.24, 2.45) is 11.8 Å². The third-order valence-corrected chi connectivity index (χ3v) is 4.73. The SMILES string of the molecule is CC1CC1C(=O)NCc1ccc(N2CCC(O)CC2)c(F)c1.